The van der Waals surface area contributed by atoms with E-state index >= 15 is 0 Å². The Bertz CT molecular complexity index is 613. The summed E-state index contributed by atoms with van der Waals surface area (Å²) in [6, 6.07) is 2.77. The predicted octanol–water partition coefficient (Wildman–Crippen LogP) is 4.24. The number of halogens is 2. The van der Waals surface area contributed by atoms with Crippen molar-refractivity contribution < 1.29 is 8.78 Å². The van der Waals surface area contributed by atoms with Gasteiger partial charge in [-0.05, 0) is 37.9 Å². The maximum absolute atomic E-state index is 14.1. The first kappa shape index (κ1) is 16.0. The van der Waals surface area contributed by atoms with Gasteiger partial charge in [-0.1, -0.05) is 31.3 Å². The van der Waals surface area contributed by atoms with Crippen molar-refractivity contribution in [2.75, 3.05) is 6.54 Å². The Morgan fingerprint density at radius 3 is 2.67 bits per heavy atom. The summed E-state index contributed by atoms with van der Waals surface area (Å²) in [7, 11) is 0. The molecule has 0 saturated heterocycles. The molecule has 2 rings (SSSR count). The summed E-state index contributed by atoms with van der Waals surface area (Å²) in [6.45, 7) is 6.61. The average Bonchev–Trinajstić information content (AvgIpc) is 2.94. The van der Waals surface area contributed by atoms with Crippen molar-refractivity contribution in [1.82, 2.24) is 15.5 Å². The first-order valence-corrected chi connectivity index (χ1v) is 7.91. The number of hydrogen-bond donors (Lipinski definition) is 1. The lowest BCUT2D eigenvalue weighted by Crippen LogP contribution is -2.21. The number of aryl methyl sites for hydroxylation is 1. The second-order valence-electron chi connectivity index (χ2n) is 4.91. The summed E-state index contributed by atoms with van der Waals surface area (Å²) in [5, 5.41) is 12.5. The van der Waals surface area contributed by atoms with Crippen molar-refractivity contribution >= 4 is 11.3 Å². The summed E-state index contributed by atoms with van der Waals surface area (Å²) < 4.78 is 28.0. The van der Waals surface area contributed by atoms with Crippen molar-refractivity contribution in [3.8, 4) is 10.6 Å². The summed E-state index contributed by atoms with van der Waals surface area (Å²) in [5.41, 5.74) is 0.323. The van der Waals surface area contributed by atoms with E-state index in [-0.39, 0.29) is 11.6 Å². The van der Waals surface area contributed by atoms with Gasteiger partial charge in [0, 0.05) is 0 Å². The number of nitrogens with one attached hydrogen (secondary N) is 1. The fraction of sp³-hybridized carbons (Fsp3) is 0.467. The first-order valence-electron chi connectivity index (χ1n) is 7.10. The van der Waals surface area contributed by atoms with Crippen LogP contribution in [0.2, 0.25) is 0 Å². The molecular formula is C15H19F2N3S. The Labute approximate surface area is 127 Å². The van der Waals surface area contributed by atoms with Crippen LogP contribution in [0.15, 0.2) is 12.1 Å². The molecule has 0 amide bonds. The molecular weight excluding hydrogens is 292 g/mol. The summed E-state index contributed by atoms with van der Waals surface area (Å²) in [6.07, 6.45) is 1.87. The highest BCUT2D eigenvalue weighted by atomic mass is 32.1. The number of nitrogens with zero attached hydrogens (tertiary/aromatic N) is 2. The van der Waals surface area contributed by atoms with Gasteiger partial charge in [-0.3, -0.25) is 0 Å². The smallest absolute Gasteiger partial charge is 0.153 e. The molecule has 0 spiro atoms. The van der Waals surface area contributed by atoms with Crippen LogP contribution in [0.25, 0.3) is 10.6 Å². The molecule has 3 nitrogen and oxygen atoms in total. The third-order valence-electron chi connectivity index (χ3n) is 3.29. The van der Waals surface area contributed by atoms with Crippen molar-refractivity contribution in [3.63, 3.8) is 0 Å². The Morgan fingerprint density at radius 2 is 2.00 bits per heavy atom. The van der Waals surface area contributed by atoms with Gasteiger partial charge in [0.2, 0.25) is 0 Å². The fourth-order valence-corrected chi connectivity index (χ4v) is 3.10. The van der Waals surface area contributed by atoms with Crippen LogP contribution in [0.4, 0.5) is 8.78 Å². The molecule has 2 aromatic rings. The largest absolute Gasteiger partial charge is 0.308 e. The Morgan fingerprint density at radius 1 is 1.24 bits per heavy atom. The first-order chi connectivity index (χ1) is 10.1. The number of rotatable bonds is 6. The van der Waals surface area contributed by atoms with Crippen LogP contribution in [0, 0.1) is 18.6 Å². The van der Waals surface area contributed by atoms with Crippen molar-refractivity contribution in [1.29, 1.82) is 0 Å². The molecule has 0 bridgehead atoms. The number of benzene rings is 1. The standard InChI is InChI=1S/C15H19F2N3S/c1-4-8-18-11(5-2)14-19-20-15(21-14)12-10(16)7-6-9(3)13(12)17/h6-7,11,18H,4-5,8H2,1-3H3. The van der Waals surface area contributed by atoms with Gasteiger partial charge < -0.3 is 5.32 Å². The molecule has 114 valence electrons. The Kier molecular flexibility index (Phi) is 5.36. The normalized spacial score (nSPS) is 12.6. The molecule has 6 heteroatoms. The maximum atomic E-state index is 14.1. The second kappa shape index (κ2) is 7.04. The fourth-order valence-electron chi connectivity index (χ4n) is 2.05. The lowest BCUT2D eigenvalue weighted by molar-refractivity contribution is 0.513. The highest BCUT2D eigenvalue weighted by molar-refractivity contribution is 7.14. The van der Waals surface area contributed by atoms with Crippen LogP contribution in [-0.4, -0.2) is 16.7 Å². The minimum atomic E-state index is -0.602. The second-order valence-corrected chi connectivity index (χ2v) is 5.92. The van der Waals surface area contributed by atoms with E-state index in [1.54, 1.807) is 6.92 Å². The van der Waals surface area contributed by atoms with Crippen LogP contribution >= 0.6 is 11.3 Å². The van der Waals surface area contributed by atoms with E-state index in [0.717, 1.165) is 24.4 Å². The van der Waals surface area contributed by atoms with E-state index in [1.807, 2.05) is 6.92 Å². The zero-order valence-corrected chi connectivity index (χ0v) is 13.2. The van der Waals surface area contributed by atoms with Gasteiger partial charge >= 0.3 is 0 Å². The SMILES string of the molecule is CCCNC(CC)c1nnc(-c2c(F)ccc(C)c2F)s1. The van der Waals surface area contributed by atoms with Crippen LogP contribution < -0.4 is 5.32 Å². The highest BCUT2D eigenvalue weighted by Gasteiger charge is 2.20. The van der Waals surface area contributed by atoms with Crippen molar-refractivity contribution in [3.05, 3.63) is 34.3 Å². The van der Waals surface area contributed by atoms with E-state index < -0.39 is 11.6 Å². The molecule has 0 aliphatic heterocycles. The van der Waals surface area contributed by atoms with Gasteiger partial charge in [-0.15, -0.1) is 10.2 Å². The number of aromatic nitrogens is 2. The van der Waals surface area contributed by atoms with E-state index in [0.29, 0.717) is 10.6 Å². The van der Waals surface area contributed by atoms with Gasteiger partial charge in [-0.25, -0.2) is 8.78 Å². The third-order valence-corrected chi connectivity index (χ3v) is 4.34. The van der Waals surface area contributed by atoms with Crippen LogP contribution in [0.1, 0.15) is 43.3 Å². The quantitative estimate of drug-likeness (QED) is 0.867. The monoisotopic (exact) mass is 311 g/mol. The molecule has 1 atom stereocenters. The van der Waals surface area contributed by atoms with E-state index in [4.69, 9.17) is 0 Å². The van der Waals surface area contributed by atoms with E-state index in [1.165, 1.54) is 23.5 Å². The van der Waals surface area contributed by atoms with Gasteiger partial charge in [0.05, 0.1) is 11.6 Å². The molecule has 1 N–H and O–H groups in total. The molecule has 1 aromatic heterocycles. The molecule has 0 aliphatic rings. The molecule has 21 heavy (non-hydrogen) atoms. The molecule has 1 aromatic carbocycles. The molecule has 0 aliphatic carbocycles. The van der Waals surface area contributed by atoms with Gasteiger partial charge in [0.1, 0.15) is 16.6 Å². The zero-order valence-electron chi connectivity index (χ0n) is 12.4. The zero-order chi connectivity index (χ0) is 15.4. The van der Waals surface area contributed by atoms with E-state index in [2.05, 4.69) is 22.4 Å². The van der Waals surface area contributed by atoms with E-state index in [9.17, 15) is 8.78 Å². The Balaban J connectivity index is 2.34. The predicted molar refractivity (Wildman–Crippen MR) is 81.3 cm³/mol. The van der Waals surface area contributed by atoms with Crippen molar-refractivity contribution in [2.24, 2.45) is 0 Å². The maximum Gasteiger partial charge on any atom is 0.153 e. The lowest BCUT2D eigenvalue weighted by atomic mass is 10.1. The average molecular weight is 311 g/mol. The summed E-state index contributed by atoms with van der Waals surface area (Å²) >= 11 is 1.24. The van der Waals surface area contributed by atoms with Crippen molar-refractivity contribution in [2.45, 2.75) is 39.7 Å². The van der Waals surface area contributed by atoms with Gasteiger partial charge in [0.25, 0.3) is 0 Å². The Hall–Kier alpha value is -1.40. The van der Waals surface area contributed by atoms with Gasteiger partial charge in [0.15, 0.2) is 5.01 Å². The summed E-state index contributed by atoms with van der Waals surface area (Å²) in [5.74, 6) is -1.16. The minimum absolute atomic E-state index is 0.0760. The van der Waals surface area contributed by atoms with Crippen LogP contribution in [-0.2, 0) is 0 Å². The molecule has 0 fully saturated rings. The third kappa shape index (κ3) is 3.44. The minimum Gasteiger partial charge on any atom is -0.308 e. The van der Waals surface area contributed by atoms with Crippen LogP contribution in [0.3, 0.4) is 0 Å². The summed E-state index contributed by atoms with van der Waals surface area (Å²) in [4.78, 5) is 0. The topological polar surface area (TPSA) is 37.8 Å². The lowest BCUT2D eigenvalue weighted by Gasteiger charge is -2.12. The molecule has 0 saturated carbocycles. The molecule has 0 radical (unpaired) electrons. The number of hydrogen-bond acceptors (Lipinski definition) is 4. The van der Waals surface area contributed by atoms with Gasteiger partial charge in [-0.2, -0.15) is 0 Å². The van der Waals surface area contributed by atoms with Crippen LogP contribution in [0.5, 0.6) is 0 Å². The molecule has 1 unspecified atom stereocenters. The highest BCUT2D eigenvalue weighted by Crippen LogP contribution is 2.32. The molecule has 1 heterocycles.